The molecule has 12 heteroatoms. The van der Waals surface area contributed by atoms with Gasteiger partial charge in [-0.1, -0.05) is 19.9 Å². The van der Waals surface area contributed by atoms with E-state index in [-0.39, 0.29) is 72.5 Å². The number of aliphatic hydroxyl groups is 2. The Labute approximate surface area is 252 Å². The summed E-state index contributed by atoms with van der Waals surface area (Å²) < 4.78 is 43.6. The van der Waals surface area contributed by atoms with Crippen molar-refractivity contribution in [1.29, 1.82) is 0 Å². The van der Waals surface area contributed by atoms with Crippen molar-refractivity contribution in [3.8, 4) is 5.69 Å². The third-order valence-corrected chi connectivity index (χ3v) is 6.35. The van der Waals surface area contributed by atoms with Gasteiger partial charge in [0.1, 0.15) is 17.5 Å². The van der Waals surface area contributed by atoms with Crippen LogP contribution in [-0.4, -0.2) is 90.7 Å². The van der Waals surface area contributed by atoms with E-state index >= 15 is 0 Å². The zero-order valence-electron chi connectivity index (χ0n) is 21.9. The molecule has 0 saturated carbocycles. The van der Waals surface area contributed by atoms with E-state index in [1.165, 1.54) is 42.1 Å². The minimum atomic E-state index is -1.23. The van der Waals surface area contributed by atoms with Crippen molar-refractivity contribution >= 4 is 41.4 Å². The standard InChI is InChI=1S/C28H32F3N3O5.Na.H/c1-16(2)26-24(12-11-19(35)13-20(36)14-25(37)38)34(18-9-7-17(29)8-10-18)32-27(26)28(39)33(3)15-21-22(30)5-4-6-23(21)31;;/h4-10,16,19-20,35-36H,11-15H2,1-3H3,(H,37,38);;. The van der Waals surface area contributed by atoms with Crippen LogP contribution in [0.3, 0.4) is 0 Å². The van der Waals surface area contributed by atoms with Crippen LogP contribution in [0.2, 0.25) is 0 Å². The molecular formula is C28H33F3N3NaO5. The number of aliphatic carboxylic acids is 1. The number of hydrogen-bond acceptors (Lipinski definition) is 5. The Hall–Kier alpha value is -2.70. The molecule has 3 aromatic rings. The molecule has 0 aliphatic heterocycles. The average molecular weight is 572 g/mol. The van der Waals surface area contributed by atoms with E-state index in [1.54, 1.807) is 0 Å². The maximum absolute atomic E-state index is 14.2. The van der Waals surface area contributed by atoms with E-state index in [0.717, 1.165) is 17.0 Å². The molecule has 0 fully saturated rings. The van der Waals surface area contributed by atoms with Gasteiger partial charge in [-0.25, -0.2) is 17.9 Å². The molecule has 0 saturated heterocycles. The second kappa shape index (κ2) is 14.8. The van der Waals surface area contributed by atoms with Crippen molar-refractivity contribution in [2.75, 3.05) is 7.05 Å². The molecule has 1 amide bonds. The van der Waals surface area contributed by atoms with Crippen molar-refractivity contribution in [3.05, 3.63) is 82.4 Å². The van der Waals surface area contributed by atoms with Gasteiger partial charge in [-0.2, -0.15) is 5.10 Å². The number of benzene rings is 2. The van der Waals surface area contributed by atoms with Gasteiger partial charge in [0.2, 0.25) is 0 Å². The van der Waals surface area contributed by atoms with Crippen molar-refractivity contribution in [2.45, 2.75) is 64.2 Å². The van der Waals surface area contributed by atoms with Crippen LogP contribution < -0.4 is 0 Å². The summed E-state index contributed by atoms with van der Waals surface area (Å²) >= 11 is 0. The Morgan fingerprint density at radius 1 is 1.00 bits per heavy atom. The van der Waals surface area contributed by atoms with Gasteiger partial charge in [0.15, 0.2) is 5.69 Å². The Morgan fingerprint density at radius 2 is 1.60 bits per heavy atom. The van der Waals surface area contributed by atoms with E-state index in [2.05, 4.69) is 5.10 Å². The summed E-state index contributed by atoms with van der Waals surface area (Å²) in [7, 11) is 1.41. The van der Waals surface area contributed by atoms with Crippen molar-refractivity contribution in [3.63, 3.8) is 0 Å². The normalized spacial score (nSPS) is 12.6. The summed E-state index contributed by atoms with van der Waals surface area (Å²) in [5.74, 6) is -4.04. The van der Waals surface area contributed by atoms with Crippen molar-refractivity contribution in [2.24, 2.45) is 0 Å². The predicted octanol–water partition coefficient (Wildman–Crippen LogP) is 3.56. The topological polar surface area (TPSA) is 116 Å². The summed E-state index contributed by atoms with van der Waals surface area (Å²) in [4.78, 5) is 25.5. The van der Waals surface area contributed by atoms with Gasteiger partial charge in [0, 0.05) is 23.9 Å². The molecule has 40 heavy (non-hydrogen) atoms. The van der Waals surface area contributed by atoms with Crippen LogP contribution in [0.4, 0.5) is 13.2 Å². The van der Waals surface area contributed by atoms with Gasteiger partial charge in [0.05, 0.1) is 30.9 Å². The molecule has 2 unspecified atom stereocenters. The molecular weight excluding hydrogens is 538 g/mol. The van der Waals surface area contributed by atoms with Crippen LogP contribution in [-0.2, 0) is 17.8 Å². The zero-order valence-corrected chi connectivity index (χ0v) is 21.9. The molecule has 0 aliphatic rings. The number of amides is 1. The van der Waals surface area contributed by atoms with Gasteiger partial charge in [0.25, 0.3) is 5.91 Å². The minimum absolute atomic E-state index is 0. The zero-order chi connectivity index (χ0) is 28.9. The van der Waals surface area contributed by atoms with Gasteiger partial charge in [-0.05, 0) is 61.6 Å². The Balaban J connectivity index is 0.00000560. The summed E-state index contributed by atoms with van der Waals surface area (Å²) in [6.45, 7) is 3.35. The van der Waals surface area contributed by atoms with Gasteiger partial charge < -0.3 is 20.2 Å². The second-order valence-electron chi connectivity index (χ2n) is 9.79. The molecule has 1 aromatic heterocycles. The SMILES string of the molecule is CC(C)c1c(C(=O)N(C)Cc2c(F)cccc2F)nn(-c2ccc(F)cc2)c1CCC(O)CC(O)CC(=O)O.[NaH]. The second-order valence-corrected chi connectivity index (χ2v) is 9.79. The van der Waals surface area contributed by atoms with Crippen LogP contribution in [0.15, 0.2) is 42.5 Å². The van der Waals surface area contributed by atoms with E-state index in [4.69, 9.17) is 5.11 Å². The molecule has 0 bridgehead atoms. The number of carbonyl (C=O) groups is 2. The Morgan fingerprint density at radius 3 is 2.15 bits per heavy atom. The molecule has 0 spiro atoms. The number of rotatable bonds is 12. The van der Waals surface area contributed by atoms with Gasteiger partial charge >= 0.3 is 35.5 Å². The van der Waals surface area contributed by atoms with Crippen LogP contribution in [0.25, 0.3) is 5.69 Å². The van der Waals surface area contributed by atoms with Crippen molar-refractivity contribution < 1.29 is 38.1 Å². The molecule has 3 rings (SSSR count). The number of carboxylic acid groups (broad SMARTS) is 1. The average Bonchev–Trinajstić information content (AvgIpc) is 3.24. The number of hydrogen-bond donors (Lipinski definition) is 3. The molecule has 8 nitrogen and oxygen atoms in total. The fourth-order valence-electron chi connectivity index (χ4n) is 4.46. The van der Waals surface area contributed by atoms with Crippen LogP contribution in [0.5, 0.6) is 0 Å². The summed E-state index contributed by atoms with van der Waals surface area (Å²) in [5, 5.41) is 33.7. The van der Waals surface area contributed by atoms with E-state index in [9.17, 15) is 33.0 Å². The number of halogens is 3. The predicted molar refractivity (Wildman–Crippen MR) is 144 cm³/mol. The number of aliphatic hydroxyl groups excluding tert-OH is 2. The van der Waals surface area contributed by atoms with Gasteiger partial charge in [-0.3, -0.25) is 9.59 Å². The number of nitrogens with zero attached hydrogens (tertiary/aromatic N) is 3. The molecule has 2 atom stereocenters. The third kappa shape index (κ3) is 8.40. The number of carboxylic acids is 1. The fraction of sp³-hybridized carbons (Fsp3) is 0.393. The van der Waals surface area contributed by atoms with E-state index < -0.39 is 48.0 Å². The number of aromatic nitrogens is 2. The molecule has 0 aliphatic carbocycles. The molecule has 2 aromatic carbocycles. The third-order valence-electron chi connectivity index (χ3n) is 6.35. The summed E-state index contributed by atoms with van der Waals surface area (Å²) in [6, 6.07) is 8.89. The van der Waals surface area contributed by atoms with Crippen LogP contribution >= 0.6 is 0 Å². The first kappa shape index (κ1) is 33.5. The molecule has 0 radical (unpaired) electrons. The first-order chi connectivity index (χ1) is 18.4. The number of carbonyl (C=O) groups excluding carboxylic acids is 1. The quantitative estimate of drug-likeness (QED) is 0.287. The summed E-state index contributed by atoms with van der Waals surface area (Å²) in [6.07, 6.45) is -2.62. The van der Waals surface area contributed by atoms with Crippen LogP contribution in [0, 0.1) is 17.5 Å². The first-order valence-corrected chi connectivity index (χ1v) is 12.5. The molecule has 212 valence electrons. The maximum atomic E-state index is 14.2. The van der Waals surface area contributed by atoms with Crippen LogP contribution in [0.1, 0.15) is 66.3 Å². The molecule has 1 heterocycles. The Bertz CT molecular complexity index is 1300. The van der Waals surface area contributed by atoms with E-state index in [0.29, 0.717) is 16.9 Å². The Kier molecular flexibility index (Phi) is 12.4. The molecule has 3 N–H and O–H groups in total. The first-order valence-electron chi connectivity index (χ1n) is 12.5. The fourth-order valence-corrected chi connectivity index (χ4v) is 4.46. The van der Waals surface area contributed by atoms with E-state index in [1.807, 2.05) is 13.8 Å². The van der Waals surface area contributed by atoms with Gasteiger partial charge in [-0.15, -0.1) is 0 Å². The van der Waals surface area contributed by atoms with Crippen molar-refractivity contribution in [1.82, 2.24) is 14.7 Å². The summed E-state index contributed by atoms with van der Waals surface area (Å²) in [5.41, 5.74) is 1.33. The monoisotopic (exact) mass is 571 g/mol.